The molecule has 114 valence electrons. The van der Waals surface area contributed by atoms with E-state index in [4.69, 9.17) is 9.47 Å². The van der Waals surface area contributed by atoms with E-state index in [0.29, 0.717) is 17.4 Å². The molecule has 1 saturated carbocycles. The predicted octanol–water partition coefficient (Wildman–Crippen LogP) is 3.93. The topological polar surface area (TPSA) is 47.9 Å². The predicted molar refractivity (Wildman–Crippen MR) is 81.9 cm³/mol. The molecule has 0 aromatic heterocycles. The van der Waals surface area contributed by atoms with Gasteiger partial charge in [0.1, 0.15) is 5.54 Å². The molecule has 0 heterocycles. The Balaban J connectivity index is 2.69. The zero-order valence-corrected chi connectivity index (χ0v) is 13.2. The van der Waals surface area contributed by atoms with Crippen LogP contribution in [-0.2, 0) is 10.3 Å². The SMILES string of the molecule is COc1cc(C(C)C)cc(C2(N=C=O)CCCC2)c1OC. The molecule has 1 aromatic rings. The van der Waals surface area contributed by atoms with E-state index in [1.165, 1.54) is 0 Å². The molecule has 1 fully saturated rings. The summed E-state index contributed by atoms with van der Waals surface area (Å²) < 4.78 is 11.1. The first kappa shape index (κ1) is 15.6. The van der Waals surface area contributed by atoms with Crippen LogP contribution in [0.25, 0.3) is 0 Å². The van der Waals surface area contributed by atoms with Crippen LogP contribution in [0.1, 0.15) is 56.6 Å². The van der Waals surface area contributed by atoms with Crippen LogP contribution in [0.15, 0.2) is 17.1 Å². The Hall–Kier alpha value is -1.80. The van der Waals surface area contributed by atoms with E-state index in [2.05, 4.69) is 24.9 Å². The largest absolute Gasteiger partial charge is 0.493 e. The lowest BCUT2D eigenvalue weighted by atomic mass is 9.85. The van der Waals surface area contributed by atoms with Crippen LogP contribution in [0.2, 0.25) is 0 Å². The zero-order valence-electron chi connectivity index (χ0n) is 13.2. The molecule has 1 aliphatic carbocycles. The highest BCUT2D eigenvalue weighted by molar-refractivity contribution is 5.54. The number of carbonyl (C=O) groups excluding carboxylic acids is 1. The third-order valence-corrected chi connectivity index (χ3v) is 4.36. The molecule has 0 atom stereocenters. The normalized spacial score (nSPS) is 16.6. The van der Waals surface area contributed by atoms with Crippen molar-refractivity contribution >= 4 is 6.08 Å². The van der Waals surface area contributed by atoms with Crippen LogP contribution in [0, 0.1) is 0 Å². The summed E-state index contributed by atoms with van der Waals surface area (Å²) in [6, 6.07) is 4.11. The lowest BCUT2D eigenvalue weighted by Gasteiger charge is -2.27. The Bertz CT molecular complexity index is 553. The molecular formula is C17H23NO3. The minimum absolute atomic E-state index is 0.363. The van der Waals surface area contributed by atoms with Crippen molar-refractivity contribution in [3.05, 3.63) is 23.3 Å². The summed E-state index contributed by atoms with van der Waals surface area (Å²) in [6.07, 6.45) is 5.58. The average Bonchev–Trinajstić information content (AvgIpc) is 2.95. The highest BCUT2D eigenvalue weighted by Crippen LogP contribution is 2.49. The van der Waals surface area contributed by atoms with E-state index in [9.17, 15) is 4.79 Å². The summed E-state index contributed by atoms with van der Waals surface area (Å²) in [5.74, 6) is 1.75. The van der Waals surface area contributed by atoms with Crippen LogP contribution in [0.3, 0.4) is 0 Å². The van der Waals surface area contributed by atoms with Gasteiger partial charge in [-0.2, -0.15) is 4.99 Å². The second-order valence-corrected chi connectivity index (χ2v) is 5.90. The zero-order chi connectivity index (χ0) is 15.5. The molecule has 1 aliphatic rings. The van der Waals surface area contributed by atoms with Gasteiger partial charge in [-0.05, 0) is 36.5 Å². The van der Waals surface area contributed by atoms with Gasteiger partial charge in [-0.25, -0.2) is 4.79 Å². The van der Waals surface area contributed by atoms with E-state index in [0.717, 1.165) is 36.8 Å². The Kier molecular flexibility index (Phi) is 4.69. The molecule has 4 nitrogen and oxygen atoms in total. The van der Waals surface area contributed by atoms with Crippen molar-refractivity contribution in [1.29, 1.82) is 0 Å². The van der Waals surface area contributed by atoms with Gasteiger partial charge in [0.25, 0.3) is 0 Å². The maximum absolute atomic E-state index is 10.9. The lowest BCUT2D eigenvalue weighted by molar-refractivity contribution is 0.336. The Morgan fingerprint density at radius 1 is 1.19 bits per heavy atom. The first-order valence-electron chi connectivity index (χ1n) is 7.43. The van der Waals surface area contributed by atoms with Gasteiger partial charge in [0, 0.05) is 5.56 Å². The molecule has 0 unspecified atom stereocenters. The smallest absolute Gasteiger partial charge is 0.235 e. The molecule has 0 radical (unpaired) electrons. The Morgan fingerprint density at radius 2 is 1.86 bits per heavy atom. The highest BCUT2D eigenvalue weighted by atomic mass is 16.5. The summed E-state index contributed by atoms with van der Waals surface area (Å²) in [7, 11) is 3.26. The highest BCUT2D eigenvalue weighted by Gasteiger charge is 2.39. The van der Waals surface area contributed by atoms with E-state index in [1.54, 1.807) is 20.3 Å². The fourth-order valence-corrected chi connectivity index (χ4v) is 3.15. The maximum Gasteiger partial charge on any atom is 0.235 e. The number of hydrogen-bond acceptors (Lipinski definition) is 4. The number of hydrogen-bond donors (Lipinski definition) is 0. The summed E-state index contributed by atoms with van der Waals surface area (Å²) in [6.45, 7) is 4.27. The first-order chi connectivity index (χ1) is 10.1. The second kappa shape index (κ2) is 6.31. The molecule has 0 amide bonds. The molecule has 0 saturated heterocycles. The van der Waals surface area contributed by atoms with Crippen molar-refractivity contribution in [1.82, 2.24) is 0 Å². The summed E-state index contributed by atoms with van der Waals surface area (Å²) >= 11 is 0. The van der Waals surface area contributed by atoms with Gasteiger partial charge in [0.2, 0.25) is 6.08 Å². The third kappa shape index (κ3) is 2.81. The number of nitrogens with zero attached hydrogens (tertiary/aromatic N) is 1. The summed E-state index contributed by atoms with van der Waals surface area (Å²) in [5, 5.41) is 0. The van der Waals surface area contributed by atoms with Gasteiger partial charge < -0.3 is 9.47 Å². The number of ether oxygens (including phenoxy) is 2. The van der Waals surface area contributed by atoms with Gasteiger partial charge in [-0.1, -0.05) is 26.7 Å². The van der Waals surface area contributed by atoms with E-state index < -0.39 is 5.54 Å². The molecule has 0 spiro atoms. The van der Waals surface area contributed by atoms with Crippen molar-refractivity contribution in [2.75, 3.05) is 14.2 Å². The number of methoxy groups -OCH3 is 2. The van der Waals surface area contributed by atoms with Gasteiger partial charge >= 0.3 is 0 Å². The number of rotatable bonds is 5. The molecular weight excluding hydrogens is 266 g/mol. The van der Waals surface area contributed by atoms with Crippen LogP contribution in [0.5, 0.6) is 11.5 Å². The molecule has 0 aliphatic heterocycles. The standard InChI is InChI=1S/C17H23NO3/c1-12(2)13-9-14(16(21-4)15(10-13)20-3)17(18-11-19)7-5-6-8-17/h9-10,12H,5-8H2,1-4H3. The first-order valence-corrected chi connectivity index (χ1v) is 7.43. The van der Waals surface area contributed by atoms with Crippen molar-refractivity contribution in [2.24, 2.45) is 4.99 Å². The van der Waals surface area contributed by atoms with Crippen molar-refractivity contribution < 1.29 is 14.3 Å². The number of aliphatic imine (C=N–C) groups is 1. The minimum atomic E-state index is -0.509. The molecule has 4 heteroatoms. The van der Waals surface area contributed by atoms with Crippen LogP contribution in [0.4, 0.5) is 0 Å². The van der Waals surface area contributed by atoms with Crippen molar-refractivity contribution in [2.45, 2.75) is 51.0 Å². The molecule has 0 N–H and O–H groups in total. The number of benzene rings is 1. The fraction of sp³-hybridized carbons (Fsp3) is 0.588. The van der Waals surface area contributed by atoms with E-state index in [1.807, 2.05) is 6.07 Å². The van der Waals surface area contributed by atoms with Crippen molar-refractivity contribution in [3.8, 4) is 11.5 Å². The van der Waals surface area contributed by atoms with E-state index >= 15 is 0 Å². The van der Waals surface area contributed by atoms with Crippen LogP contribution in [-0.4, -0.2) is 20.3 Å². The second-order valence-electron chi connectivity index (χ2n) is 5.90. The fourth-order valence-electron chi connectivity index (χ4n) is 3.15. The van der Waals surface area contributed by atoms with Crippen LogP contribution >= 0.6 is 0 Å². The third-order valence-electron chi connectivity index (χ3n) is 4.36. The number of isocyanates is 1. The van der Waals surface area contributed by atoms with Gasteiger partial charge in [-0.3, -0.25) is 0 Å². The van der Waals surface area contributed by atoms with Crippen LogP contribution < -0.4 is 9.47 Å². The molecule has 0 bridgehead atoms. The average molecular weight is 289 g/mol. The van der Waals surface area contributed by atoms with E-state index in [-0.39, 0.29) is 0 Å². The Labute approximate surface area is 126 Å². The van der Waals surface area contributed by atoms with Gasteiger partial charge in [0.05, 0.1) is 14.2 Å². The monoisotopic (exact) mass is 289 g/mol. The van der Waals surface area contributed by atoms with Gasteiger partial charge in [0.15, 0.2) is 11.5 Å². The molecule has 2 rings (SSSR count). The molecule has 21 heavy (non-hydrogen) atoms. The van der Waals surface area contributed by atoms with Crippen molar-refractivity contribution in [3.63, 3.8) is 0 Å². The minimum Gasteiger partial charge on any atom is -0.493 e. The summed E-state index contributed by atoms with van der Waals surface area (Å²) in [4.78, 5) is 15.1. The quantitative estimate of drug-likeness (QED) is 0.609. The molecule has 1 aromatic carbocycles. The van der Waals surface area contributed by atoms with Gasteiger partial charge in [-0.15, -0.1) is 0 Å². The lowest BCUT2D eigenvalue weighted by Crippen LogP contribution is -2.21. The summed E-state index contributed by atoms with van der Waals surface area (Å²) in [5.41, 5.74) is 1.61. The maximum atomic E-state index is 10.9. The Morgan fingerprint density at radius 3 is 2.33 bits per heavy atom.